The van der Waals surface area contributed by atoms with Crippen molar-refractivity contribution in [3.05, 3.63) is 35.4 Å². The number of benzene rings is 1. The van der Waals surface area contributed by atoms with E-state index in [1.54, 1.807) is 7.11 Å². The fraction of sp³-hybridized carbons (Fsp3) is 0.500. The minimum absolute atomic E-state index is 0.273. The van der Waals surface area contributed by atoms with E-state index in [-0.39, 0.29) is 5.60 Å². The third-order valence-electron chi connectivity index (χ3n) is 2.67. The van der Waals surface area contributed by atoms with Crippen molar-refractivity contribution in [3.8, 4) is 0 Å². The summed E-state index contributed by atoms with van der Waals surface area (Å²) < 4.78 is 5.47. The van der Waals surface area contributed by atoms with Crippen LogP contribution < -0.4 is 5.90 Å². The van der Waals surface area contributed by atoms with E-state index in [9.17, 15) is 0 Å². The lowest BCUT2D eigenvalue weighted by atomic mass is 9.91. The fourth-order valence-electron chi connectivity index (χ4n) is 1.60. The summed E-state index contributed by atoms with van der Waals surface area (Å²) in [5.41, 5.74) is 2.13. The smallest absolute Gasteiger partial charge is 0.0874 e. The van der Waals surface area contributed by atoms with Crippen molar-refractivity contribution in [2.45, 2.75) is 25.9 Å². The highest BCUT2D eigenvalue weighted by Gasteiger charge is 2.21. The molecule has 0 aliphatic carbocycles. The summed E-state index contributed by atoms with van der Waals surface area (Å²) in [5.74, 6) is 5.04. The molecule has 0 saturated carbocycles. The quantitative estimate of drug-likeness (QED) is 0.754. The van der Waals surface area contributed by atoms with Crippen LogP contribution in [0.1, 0.15) is 25.0 Å². The monoisotopic (exact) mass is 209 g/mol. The van der Waals surface area contributed by atoms with Crippen LogP contribution in [0.5, 0.6) is 0 Å². The molecular weight excluding hydrogens is 190 g/mol. The Hall–Kier alpha value is -0.900. The Labute approximate surface area is 91.1 Å². The van der Waals surface area contributed by atoms with E-state index < -0.39 is 0 Å². The first-order valence-corrected chi connectivity index (χ1v) is 5.07. The second kappa shape index (κ2) is 5.26. The maximum Gasteiger partial charge on any atom is 0.0874 e. The van der Waals surface area contributed by atoms with Crippen LogP contribution >= 0.6 is 0 Å². The molecule has 1 aromatic carbocycles. The number of hydrogen-bond donors (Lipinski definition) is 1. The zero-order chi connectivity index (χ0) is 11.3. The second-order valence-corrected chi connectivity index (χ2v) is 3.99. The fourth-order valence-corrected chi connectivity index (χ4v) is 1.60. The van der Waals surface area contributed by atoms with Gasteiger partial charge in [-0.25, -0.2) is 5.90 Å². The molecule has 0 saturated heterocycles. The Morgan fingerprint density at radius 3 is 2.53 bits per heavy atom. The molecule has 0 heterocycles. The second-order valence-electron chi connectivity index (χ2n) is 3.99. The molecule has 3 nitrogen and oxygen atoms in total. The average Bonchev–Trinajstić information content (AvgIpc) is 2.26. The van der Waals surface area contributed by atoms with Gasteiger partial charge in [0.2, 0.25) is 0 Å². The minimum atomic E-state index is -0.273. The first-order valence-electron chi connectivity index (χ1n) is 5.07. The Morgan fingerprint density at radius 2 is 1.93 bits per heavy atom. The molecule has 1 aromatic rings. The first-order chi connectivity index (χ1) is 7.11. The van der Waals surface area contributed by atoms with E-state index >= 15 is 0 Å². The predicted molar refractivity (Wildman–Crippen MR) is 60.3 cm³/mol. The maximum atomic E-state index is 5.47. The molecule has 0 fully saturated rings. The van der Waals surface area contributed by atoms with Gasteiger partial charge in [0.15, 0.2) is 0 Å². The highest BCUT2D eigenvalue weighted by atomic mass is 16.6. The molecule has 0 amide bonds. The molecule has 15 heavy (non-hydrogen) atoms. The van der Waals surface area contributed by atoms with Crippen LogP contribution in [0.3, 0.4) is 0 Å². The zero-order valence-corrected chi connectivity index (χ0v) is 9.62. The van der Waals surface area contributed by atoms with Gasteiger partial charge in [0.05, 0.1) is 12.2 Å². The molecule has 0 unspecified atom stereocenters. The van der Waals surface area contributed by atoms with Crippen LogP contribution in [0.4, 0.5) is 0 Å². The highest BCUT2D eigenvalue weighted by molar-refractivity contribution is 5.31. The van der Waals surface area contributed by atoms with Crippen LogP contribution in [-0.4, -0.2) is 13.7 Å². The summed E-state index contributed by atoms with van der Waals surface area (Å²) >= 11 is 0. The van der Waals surface area contributed by atoms with Gasteiger partial charge >= 0.3 is 0 Å². The third-order valence-corrected chi connectivity index (χ3v) is 2.67. The van der Waals surface area contributed by atoms with Crippen LogP contribution in [0.15, 0.2) is 24.3 Å². The van der Waals surface area contributed by atoms with Crippen LogP contribution in [-0.2, 0) is 21.6 Å². The highest BCUT2D eigenvalue weighted by Crippen LogP contribution is 2.27. The largest absolute Gasteiger partial charge is 0.374 e. The zero-order valence-electron chi connectivity index (χ0n) is 9.62. The van der Waals surface area contributed by atoms with E-state index in [0.717, 1.165) is 6.42 Å². The van der Waals surface area contributed by atoms with Gasteiger partial charge in [-0.05, 0) is 31.4 Å². The van der Waals surface area contributed by atoms with Crippen molar-refractivity contribution in [1.82, 2.24) is 0 Å². The molecule has 0 aliphatic heterocycles. The number of hydrogen-bond acceptors (Lipinski definition) is 3. The van der Waals surface area contributed by atoms with Crippen LogP contribution in [0.25, 0.3) is 0 Å². The summed E-state index contributed by atoms with van der Waals surface area (Å²) in [6.45, 7) is 4.63. The maximum absolute atomic E-state index is 5.47. The molecule has 0 atom stereocenters. The lowest BCUT2D eigenvalue weighted by molar-refractivity contribution is 0.0181. The van der Waals surface area contributed by atoms with Gasteiger partial charge in [0, 0.05) is 7.11 Å². The molecule has 0 radical (unpaired) electrons. The van der Waals surface area contributed by atoms with Crippen molar-refractivity contribution in [2.75, 3.05) is 13.7 Å². The van der Waals surface area contributed by atoms with E-state index in [0.29, 0.717) is 6.61 Å². The number of methoxy groups -OCH3 is 1. The molecule has 1 rings (SSSR count). The summed E-state index contributed by atoms with van der Waals surface area (Å²) in [7, 11) is 1.72. The third kappa shape index (κ3) is 3.02. The Kier molecular flexibility index (Phi) is 4.27. The Balaban J connectivity index is 2.95. The minimum Gasteiger partial charge on any atom is -0.374 e. The van der Waals surface area contributed by atoms with Gasteiger partial charge in [-0.15, -0.1) is 0 Å². The molecule has 84 valence electrons. The number of ether oxygens (including phenoxy) is 1. The predicted octanol–water partition coefficient (Wildman–Crippen LogP) is 2.00. The van der Waals surface area contributed by atoms with Crippen molar-refractivity contribution >= 4 is 0 Å². The van der Waals surface area contributed by atoms with Gasteiger partial charge in [0.1, 0.15) is 0 Å². The van der Waals surface area contributed by atoms with Crippen molar-refractivity contribution in [3.63, 3.8) is 0 Å². The molecule has 0 spiro atoms. The van der Waals surface area contributed by atoms with E-state index in [1.165, 1.54) is 11.1 Å². The SMILES string of the molecule is COC(C)(C)c1ccccc1CCON. The molecule has 3 heteroatoms. The first kappa shape index (κ1) is 12.2. The van der Waals surface area contributed by atoms with Gasteiger partial charge < -0.3 is 9.57 Å². The summed E-state index contributed by atoms with van der Waals surface area (Å²) in [6.07, 6.45) is 0.805. The Bertz CT molecular complexity index is 310. The number of rotatable bonds is 5. The van der Waals surface area contributed by atoms with E-state index in [2.05, 4.69) is 30.8 Å². The Morgan fingerprint density at radius 1 is 1.27 bits per heavy atom. The lowest BCUT2D eigenvalue weighted by Crippen LogP contribution is -2.22. The molecule has 0 aromatic heterocycles. The summed E-state index contributed by atoms with van der Waals surface area (Å²) in [4.78, 5) is 4.61. The normalized spacial score (nSPS) is 11.7. The molecule has 2 N–H and O–H groups in total. The average molecular weight is 209 g/mol. The molecule has 0 aliphatic rings. The molecule has 0 bridgehead atoms. The van der Waals surface area contributed by atoms with E-state index in [1.807, 2.05) is 12.1 Å². The van der Waals surface area contributed by atoms with Crippen molar-refractivity contribution in [1.29, 1.82) is 0 Å². The van der Waals surface area contributed by atoms with Gasteiger partial charge in [-0.2, -0.15) is 0 Å². The van der Waals surface area contributed by atoms with E-state index in [4.69, 9.17) is 10.6 Å². The standard InChI is InChI=1S/C12H19NO2/c1-12(2,14-3)11-7-5-4-6-10(11)8-9-15-13/h4-7H,8-9,13H2,1-3H3. The topological polar surface area (TPSA) is 44.5 Å². The van der Waals surface area contributed by atoms with Crippen molar-refractivity contribution < 1.29 is 9.57 Å². The van der Waals surface area contributed by atoms with Gasteiger partial charge in [-0.3, -0.25) is 0 Å². The molecular formula is C12H19NO2. The summed E-state index contributed by atoms with van der Waals surface area (Å²) in [5, 5.41) is 0. The van der Waals surface area contributed by atoms with Gasteiger partial charge in [-0.1, -0.05) is 24.3 Å². The van der Waals surface area contributed by atoms with Gasteiger partial charge in [0.25, 0.3) is 0 Å². The summed E-state index contributed by atoms with van der Waals surface area (Å²) in [6, 6.07) is 8.19. The number of nitrogens with two attached hydrogens (primary N) is 1. The van der Waals surface area contributed by atoms with Crippen molar-refractivity contribution in [2.24, 2.45) is 5.90 Å². The lowest BCUT2D eigenvalue weighted by Gasteiger charge is -2.26. The van der Waals surface area contributed by atoms with Crippen LogP contribution in [0, 0.1) is 0 Å². The van der Waals surface area contributed by atoms with Crippen LogP contribution in [0.2, 0.25) is 0 Å².